The van der Waals surface area contributed by atoms with E-state index in [0.29, 0.717) is 13.2 Å². The number of benzene rings is 2. The van der Waals surface area contributed by atoms with Gasteiger partial charge in [-0.3, -0.25) is 4.90 Å². The lowest BCUT2D eigenvalue weighted by Gasteiger charge is -2.41. The quantitative estimate of drug-likeness (QED) is 0.730. The second kappa shape index (κ2) is 9.61. The first kappa shape index (κ1) is 20.2. The zero-order valence-corrected chi connectivity index (χ0v) is 17.9. The van der Waals surface area contributed by atoms with Crippen LogP contribution < -0.4 is 0 Å². The van der Waals surface area contributed by atoms with Gasteiger partial charge in [-0.25, -0.2) is 0 Å². The van der Waals surface area contributed by atoms with Crippen molar-refractivity contribution in [3.05, 3.63) is 71.3 Å². The molecule has 2 aliphatic heterocycles. The van der Waals surface area contributed by atoms with E-state index in [1.54, 1.807) is 11.1 Å². The number of ether oxygens (including phenoxy) is 2. The molecule has 3 atom stereocenters. The number of hydrogen-bond donors (Lipinski definition) is 0. The Balaban J connectivity index is 1.03. The van der Waals surface area contributed by atoms with E-state index < -0.39 is 0 Å². The third kappa shape index (κ3) is 4.78. The van der Waals surface area contributed by atoms with Crippen molar-refractivity contribution in [2.24, 2.45) is 0 Å². The molecular formula is C26H34N2O2. The van der Waals surface area contributed by atoms with Crippen LogP contribution in [0.1, 0.15) is 35.4 Å². The SMILES string of the molecule is c1ccc(CC2COC(N3CCN(CCC4CCc5ccccc54)CC3)CO2)cc1. The molecule has 5 rings (SSSR count). The van der Waals surface area contributed by atoms with E-state index in [1.807, 2.05) is 0 Å². The molecule has 160 valence electrons. The molecule has 0 N–H and O–H groups in total. The highest BCUT2D eigenvalue weighted by molar-refractivity contribution is 5.34. The summed E-state index contributed by atoms with van der Waals surface area (Å²) < 4.78 is 12.3. The van der Waals surface area contributed by atoms with Crippen LogP contribution in [0.5, 0.6) is 0 Å². The Kier molecular flexibility index (Phi) is 6.47. The molecular weight excluding hydrogens is 372 g/mol. The molecule has 0 amide bonds. The summed E-state index contributed by atoms with van der Waals surface area (Å²) in [4.78, 5) is 5.11. The normalized spacial score (nSPS) is 27.8. The minimum absolute atomic E-state index is 0.126. The Morgan fingerprint density at radius 3 is 2.43 bits per heavy atom. The molecule has 0 bridgehead atoms. The predicted molar refractivity (Wildman–Crippen MR) is 120 cm³/mol. The van der Waals surface area contributed by atoms with E-state index >= 15 is 0 Å². The van der Waals surface area contributed by atoms with E-state index in [1.165, 1.54) is 31.4 Å². The smallest absolute Gasteiger partial charge is 0.134 e. The molecule has 0 aromatic heterocycles. The van der Waals surface area contributed by atoms with Crippen LogP contribution in [-0.2, 0) is 22.3 Å². The van der Waals surface area contributed by atoms with E-state index in [-0.39, 0.29) is 12.3 Å². The van der Waals surface area contributed by atoms with Gasteiger partial charge in [0.15, 0.2) is 0 Å². The van der Waals surface area contributed by atoms with Crippen LogP contribution in [-0.4, -0.2) is 68.1 Å². The fraction of sp³-hybridized carbons (Fsp3) is 0.538. The minimum atomic E-state index is 0.126. The first-order valence-corrected chi connectivity index (χ1v) is 11.7. The highest BCUT2D eigenvalue weighted by Gasteiger charge is 2.30. The van der Waals surface area contributed by atoms with Gasteiger partial charge < -0.3 is 14.4 Å². The largest absolute Gasteiger partial charge is 0.371 e. The van der Waals surface area contributed by atoms with Crippen molar-refractivity contribution in [1.82, 2.24) is 9.80 Å². The van der Waals surface area contributed by atoms with Crippen LogP contribution in [0, 0.1) is 0 Å². The highest BCUT2D eigenvalue weighted by atomic mass is 16.6. The molecule has 30 heavy (non-hydrogen) atoms. The standard InChI is InChI=1S/C26H34N2O2/c1-2-6-21(7-3-1)18-24-19-30-26(20-29-24)28-16-14-27(15-17-28)13-12-23-11-10-22-8-4-5-9-25(22)23/h1-9,23-24,26H,10-20H2. The Bertz CT molecular complexity index is 796. The summed E-state index contributed by atoms with van der Waals surface area (Å²) in [6, 6.07) is 19.6. The molecule has 0 saturated carbocycles. The van der Waals surface area contributed by atoms with Crippen LogP contribution in [0.25, 0.3) is 0 Å². The Labute approximate surface area is 180 Å². The van der Waals surface area contributed by atoms with E-state index in [2.05, 4.69) is 64.4 Å². The molecule has 3 aliphatic rings. The van der Waals surface area contributed by atoms with Crippen molar-refractivity contribution in [3.8, 4) is 0 Å². The lowest BCUT2D eigenvalue weighted by Crippen LogP contribution is -2.55. The topological polar surface area (TPSA) is 24.9 Å². The lowest BCUT2D eigenvalue weighted by atomic mass is 9.97. The zero-order valence-electron chi connectivity index (χ0n) is 17.9. The summed E-state index contributed by atoms with van der Waals surface area (Å²) >= 11 is 0. The summed E-state index contributed by atoms with van der Waals surface area (Å²) in [5.74, 6) is 0.760. The first-order valence-electron chi connectivity index (χ1n) is 11.7. The highest BCUT2D eigenvalue weighted by Crippen LogP contribution is 2.35. The van der Waals surface area contributed by atoms with Gasteiger partial charge in [0.05, 0.1) is 19.3 Å². The van der Waals surface area contributed by atoms with Crippen LogP contribution in [0.3, 0.4) is 0 Å². The second-order valence-corrected chi connectivity index (χ2v) is 9.03. The van der Waals surface area contributed by atoms with Crippen molar-refractivity contribution in [2.45, 2.75) is 43.9 Å². The maximum atomic E-state index is 6.20. The van der Waals surface area contributed by atoms with Gasteiger partial charge in [-0.15, -0.1) is 0 Å². The number of rotatable bonds is 6. The van der Waals surface area contributed by atoms with E-state index in [9.17, 15) is 0 Å². The van der Waals surface area contributed by atoms with Gasteiger partial charge in [0.25, 0.3) is 0 Å². The molecule has 1 aliphatic carbocycles. The minimum Gasteiger partial charge on any atom is -0.371 e. The van der Waals surface area contributed by atoms with Crippen molar-refractivity contribution in [1.29, 1.82) is 0 Å². The van der Waals surface area contributed by atoms with Crippen LogP contribution in [0.2, 0.25) is 0 Å². The summed E-state index contributed by atoms with van der Waals surface area (Å²) in [5, 5.41) is 0. The monoisotopic (exact) mass is 406 g/mol. The molecule has 3 unspecified atom stereocenters. The number of hydrogen-bond acceptors (Lipinski definition) is 4. The second-order valence-electron chi connectivity index (χ2n) is 9.03. The fourth-order valence-corrected chi connectivity index (χ4v) is 5.30. The van der Waals surface area contributed by atoms with Gasteiger partial charge >= 0.3 is 0 Å². The van der Waals surface area contributed by atoms with Gasteiger partial charge in [-0.2, -0.15) is 0 Å². The van der Waals surface area contributed by atoms with Crippen molar-refractivity contribution < 1.29 is 9.47 Å². The summed E-state index contributed by atoms with van der Waals surface area (Å²) in [5.41, 5.74) is 4.50. The molecule has 2 saturated heterocycles. The van der Waals surface area contributed by atoms with Crippen molar-refractivity contribution in [3.63, 3.8) is 0 Å². The van der Waals surface area contributed by atoms with E-state index in [4.69, 9.17) is 9.47 Å². The average molecular weight is 407 g/mol. The Morgan fingerprint density at radius 2 is 1.63 bits per heavy atom. The molecule has 2 heterocycles. The summed E-state index contributed by atoms with van der Waals surface area (Å²) in [7, 11) is 0. The van der Waals surface area contributed by atoms with Crippen LogP contribution >= 0.6 is 0 Å². The molecule has 0 radical (unpaired) electrons. The van der Waals surface area contributed by atoms with Crippen molar-refractivity contribution in [2.75, 3.05) is 45.9 Å². The molecule has 4 heteroatoms. The number of nitrogens with zero attached hydrogens (tertiary/aromatic N) is 2. The number of fused-ring (bicyclic) bond motifs is 1. The van der Waals surface area contributed by atoms with Crippen LogP contribution in [0.4, 0.5) is 0 Å². The summed E-state index contributed by atoms with van der Waals surface area (Å²) in [6.45, 7) is 7.05. The molecule has 2 aromatic carbocycles. The van der Waals surface area contributed by atoms with Gasteiger partial charge in [-0.1, -0.05) is 54.6 Å². The molecule has 0 spiro atoms. The lowest BCUT2D eigenvalue weighted by molar-refractivity contribution is -0.189. The van der Waals surface area contributed by atoms with Gasteiger partial charge in [0.1, 0.15) is 6.23 Å². The Hall–Kier alpha value is -1.72. The molecule has 2 aromatic rings. The summed E-state index contributed by atoms with van der Waals surface area (Å²) in [6.07, 6.45) is 5.13. The van der Waals surface area contributed by atoms with Gasteiger partial charge in [-0.05, 0) is 48.4 Å². The molecule has 4 nitrogen and oxygen atoms in total. The number of piperazine rings is 1. The van der Waals surface area contributed by atoms with Gasteiger partial charge in [0, 0.05) is 32.6 Å². The predicted octanol–water partition coefficient (Wildman–Crippen LogP) is 3.71. The zero-order chi connectivity index (χ0) is 20.2. The van der Waals surface area contributed by atoms with Gasteiger partial charge in [0.2, 0.25) is 0 Å². The third-order valence-corrected chi connectivity index (χ3v) is 7.12. The van der Waals surface area contributed by atoms with E-state index in [0.717, 1.165) is 38.5 Å². The maximum absolute atomic E-state index is 6.20. The fourth-order valence-electron chi connectivity index (χ4n) is 5.30. The van der Waals surface area contributed by atoms with Crippen molar-refractivity contribution >= 4 is 0 Å². The molecule has 2 fully saturated rings. The number of aryl methyl sites for hydroxylation is 1. The first-order chi connectivity index (χ1) is 14.8. The third-order valence-electron chi connectivity index (χ3n) is 7.12. The maximum Gasteiger partial charge on any atom is 0.134 e. The average Bonchev–Trinajstić information content (AvgIpc) is 3.22. The Morgan fingerprint density at radius 1 is 0.833 bits per heavy atom. The van der Waals surface area contributed by atoms with Crippen LogP contribution in [0.15, 0.2) is 54.6 Å².